The third-order valence-electron chi connectivity index (χ3n) is 4.89. The molecule has 1 saturated carbocycles. The third kappa shape index (κ3) is 4.08. The quantitative estimate of drug-likeness (QED) is 0.883. The second-order valence-electron chi connectivity index (χ2n) is 7.79. The van der Waals surface area contributed by atoms with Crippen molar-refractivity contribution < 1.29 is 0 Å². The van der Waals surface area contributed by atoms with E-state index in [9.17, 15) is 0 Å². The first-order valence-corrected chi connectivity index (χ1v) is 9.16. The Balaban J connectivity index is 2.13. The van der Waals surface area contributed by atoms with Crippen molar-refractivity contribution in [3.05, 3.63) is 21.9 Å². The average molecular weight is 309 g/mol. The maximum absolute atomic E-state index is 6.13. The van der Waals surface area contributed by atoms with E-state index in [1.807, 2.05) is 11.3 Å². The minimum Gasteiger partial charge on any atom is -0.329 e. The summed E-state index contributed by atoms with van der Waals surface area (Å²) in [4.78, 5) is 5.44. The molecule has 3 unspecified atom stereocenters. The number of likely N-dealkylation sites (N-methyl/N-ethyl adjacent to an activating group) is 1. The molecule has 1 aromatic heterocycles. The minimum absolute atomic E-state index is 0.236. The van der Waals surface area contributed by atoms with E-state index in [1.54, 1.807) is 0 Å². The van der Waals surface area contributed by atoms with Crippen LogP contribution in [0, 0.1) is 5.92 Å². The van der Waals surface area contributed by atoms with Crippen LogP contribution in [0.1, 0.15) is 69.2 Å². The van der Waals surface area contributed by atoms with E-state index < -0.39 is 0 Å². The van der Waals surface area contributed by atoms with Gasteiger partial charge in [0.25, 0.3) is 0 Å². The summed E-state index contributed by atoms with van der Waals surface area (Å²) in [6, 6.07) is 5.66. The average Bonchev–Trinajstić information content (AvgIpc) is 2.89. The van der Waals surface area contributed by atoms with Crippen LogP contribution in [0.4, 0.5) is 0 Å². The molecule has 21 heavy (non-hydrogen) atoms. The summed E-state index contributed by atoms with van der Waals surface area (Å²) in [5, 5.41) is 0. The Morgan fingerprint density at radius 2 is 2.05 bits per heavy atom. The molecule has 1 aliphatic carbocycles. The highest BCUT2D eigenvalue weighted by atomic mass is 32.1. The van der Waals surface area contributed by atoms with Crippen LogP contribution < -0.4 is 5.73 Å². The molecular formula is C18H32N2S. The number of hydrogen-bond donors (Lipinski definition) is 1. The molecule has 0 amide bonds. The zero-order chi connectivity index (χ0) is 15.6. The minimum atomic E-state index is 0.236. The van der Waals surface area contributed by atoms with Gasteiger partial charge < -0.3 is 5.73 Å². The van der Waals surface area contributed by atoms with Crippen molar-refractivity contribution in [1.29, 1.82) is 0 Å². The normalized spacial score (nSPS) is 25.3. The van der Waals surface area contributed by atoms with Crippen molar-refractivity contribution in [2.75, 3.05) is 13.6 Å². The molecule has 2 rings (SSSR count). The molecule has 0 aromatic carbocycles. The fourth-order valence-corrected chi connectivity index (χ4v) is 4.68. The first kappa shape index (κ1) is 17.0. The van der Waals surface area contributed by atoms with Crippen LogP contribution in [0.3, 0.4) is 0 Å². The summed E-state index contributed by atoms with van der Waals surface area (Å²) in [5.74, 6) is 0.859. The van der Waals surface area contributed by atoms with Crippen LogP contribution in [-0.4, -0.2) is 24.5 Å². The maximum Gasteiger partial charge on any atom is 0.0564 e. The predicted octanol–water partition coefficient (Wildman–Crippen LogP) is 4.56. The Morgan fingerprint density at radius 1 is 1.33 bits per heavy atom. The molecule has 1 aliphatic rings. The Kier molecular flexibility index (Phi) is 5.50. The van der Waals surface area contributed by atoms with Gasteiger partial charge in [0.05, 0.1) is 6.04 Å². The van der Waals surface area contributed by atoms with Gasteiger partial charge in [0.2, 0.25) is 0 Å². The highest BCUT2D eigenvalue weighted by Crippen LogP contribution is 2.36. The molecule has 0 bridgehead atoms. The van der Waals surface area contributed by atoms with Gasteiger partial charge in [0.15, 0.2) is 0 Å². The van der Waals surface area contributed by atoms with Crippen LogP contribution >= 0.6 is 11.3 Å². The second kappa shape index (κ2) is 6.80. The third-order valence-corrected chi connectivity index (χ3v) is 6.51. The fourth-order valence-electron chi connectivity index (χ4n) is 3.44. The summed E-state index contributed by atoms with van der Waals surface area (Å²) < 4.78 is 0. The van der Waals surface area contributed by atoms with E-state index >= 15 is 0 Å². The first-order chi connectivity index (χ1) is 9.82. The fraction of sp³-hybridized carbons (Fsp3) is 0.778. The molecule has 1 fully saturated rings. The summed E-state index contributed by atoms with van der Waals surface area (Å²) in [6.45, 7) is 9.96. The van der Waals surface area contributed by atoms with Gasteiger partial charge in [-0.3, -0.25) is 4.90 Å². The zero-order valence-corrected chi connectivity index (χ0v) is 15.2. The van der Waals surface area contributed by atoms with Gasteiger partial charge in [-0.05, 0) is 43.4 Å². The standard InChI is InChI=1S/C18H32N2S/c1-13-7-6-8-14(11-13)20(5)15(12-19)16-9-10-17(21-16)18(2,3)4/h9-10,13-15H,6-8,11-12,19H2,1-5H3. The first-order valence-electron chi connectivity index (χ1n) is 8.35. The van der Waals surface area contributed by atoms with Crippen molar-refractivity contribution in [3.63, 3.8) is 0 Å². The molecule has 1 heterocycles. The Bertz CT molecular complexity index is 446. The molecule has 3 atom stereocenters. The van der Waals surface area contributed by atoms with Gasteiger partial charge in [-0.25, -0.2) is 0 Å². The molecule has 0 aliphatic heterocycles. The zero-order valence-electron chi connectivity index (χ0n) is 14.4. The molecule has 0 radical (unpaired) electrons. The van der Waals surface area contributed by atoms with Gasteiger partial charge in [-0.1, -0.05) is 40.5 Å². The number of nitrogens with zero attached hydrogens (tertiary/aromatic N) is 1. The van der Waals surface area contributed by atoms with Crippen molar-refractivity contribution in [3.8, 4) is 0 Å². The van der Waals surface area contributed by atoms with Crippen molar-refractivity contribution in [2.45, 2.75) is 70.9 Å². The molecule has 2 nitrogen and oxygen atoms in total. The van der Waals surface area contributed by atoms with Crippen LogP contribution in [0.25, 0.3) is 0 Å². The van der Waals surface area contributed by atoms with E-state index in [1.165, 1.54) is 35.4 Å². The summed E-state index contributed by atoms with van der Waals surface area (Å²) >= 11 is 1.94. The van der Waals surface area contributed by atoms with Gasteiger partial charge in [0, 0.05) is 22.3 Å². The predicted molar refractivity (Wildman–Crippen MR) is 94.0 cm³/mol. The van der Waals surface area contributed by atoms with E-state index in [0.717, 1.165) is 5.92 Å². The molecule has 0 saturated heterocycles. The van der Waals surface area contributed by atoms with Crippen LogP contribution in [-0.2, 0) is 5.41 Å². The molecule has 3 heteroatoms. The monoisotopic (exact) mass is 308 g/mol. The second-order valence-corrected chi connectivity index (χ2v) is 8.91. The van der Waals surface area contributed by atoms with Crippen LogP contribution in [0.15, 0.2) is 12.1 Å². The lowest BCUT2D eigenvalue weighted by Crippen LogP contribution is -2.40. The number of nitrogens with two attached hydrogens (primary N) is 1. The van der Waals surface area contributed by atoms with Crippen LogP contribution in [0.5, 0.6) is 0 Å². The molecule has 1 aromatic rings. The topological polar surface area (TPSA) is 29.3 Å². The van der Waals surface area contributed by atoms with Gasteiger partial charge in [-0.15, -0.1) is 11.3 Å². The Morgan fingerprint density at radius 3 is 2.57 bits per heavy atom. The molecular weight excluding hydrogens is 276 g/mol. The largest absolute Gasteiger partial charge is 0.329 e. The van der Waals surface area contributed by atoms with Crippen molar-refractivity contribution >= 4 is 11.3 Å². The maximum atomic E-state index is 6.13. The summed E-state index contributed by atoms with van der Waals surface area (Å²) in [5.41, 5.74) is 6.37. The molecule has 2 N–H and O–H groups in total. The van der Waals surface area contributed by atoms with Gasteiger partial charge in [0.1, 0.15) is 0 Å². The van der Waals surface area contributed by atoms with E-state index in [0.29, 0.717) is 18.6 Å². The highest BCUT2D eigenvalue weighted by molar-refractivity contribution is 7.12. The Hall–Kier alpha value is -0.380. The van der Waals surface area contributed by atoms with E-state index in [4.69, 9.17) is 5.73 Å². The lowest BCUT2D eigenvalue weighted by molar-refractivity contribution is 0.122. The van der Waals surface area contributed by atoms with E-state index in [2.05, 4.69) is 51.8 Å². The summed E-state index contributed by atoms with van der Waals surface area (Å²) in [6.07, 6.45) is 5.41. The Labute approximate surface area is 134 Å². The number of hydrogen-bond acceptors (Lipinski definition) is 3. The number of rotatable bonds is 4. The van der Waals surface area contributed by atoms with Crippen molar-refractivity contribution in [1.82, 2.24) is 4.90 Å². The molecule has 0 spiro atoms. The smallest absolute Gasteiger partial charge is 0.0564 e. The van der Waals surface area contributed by atoms with Crippen molar-refractivity contribution in [2.24, 2.45) is 11.7 Å². The van der Waals surface area contributed by atoms with Gasteiger partial charge >= 0.3 is 0 Å². The van der Waals surface area contributed by atoms with E-state index in [-0.39, 0.29) is 5.41 Å². The summed E-state index contributed by atoms with van der Waals surface area (Å²) in [7, 11) is 2.27. The molecule has 120 valence electrons. The highest BCUT2D eigenvalue weighted by Gasteiger charge is 2.28. The lowest BCUT2D eigenvalue weighted by Gasteiger charge is -2.38. The van der Waals surface area contributed by atoms with Crippen LogP contribution in [0.2, 0.25) is 0 Å². The lowest BCUT2D eigenvalue weighted by atomic mass is 9.86. The number of thiophene rings is 1. The SMILES string of the molecule is CC1CCCC(N(C)C(CN)c2ccc(C(C)(C)C)s2)C1. The van der Waals surface area contributed by atoms with Gasteiger partial charge in [-0.2, -0.15) is 0 Å².